The molecule has 3 rings (SSSR count). The van der Waals surface area contributed by atoms with Gasteiger partial charge in [0.25, 0.3) is 5.91 Å². The van der Waals surface area contributed by atoms with E-state index in [4.69, 9.17) is 0 Å². The van der Waals surface area contributed by atoms with Crippen LogP contribution in [0.15, 0.2) is 48.5 Å². The van der Waals surface area contributed by atoms with Crippen molar-refractivity contribution in [3.05, 3.63) is 70.8 Å². The summed E-state index contributed by atoms with van der Waals surface area (Å²) in [6.45, 7) is 7.46. The van der Waals surface area contributed by atoms with Gasteiger partial charge in [-0.1, -0.05) is 62.4 Å². The predicted octanol–water partition coefficient (Wildman–Crippen LogP) is 3.77. The molecular formula is C22H24N2O3. The van der Waals surface area contributed by atoms with Gasteiger partial charge in [0.15, 0.2) is 5.78 Å². The monoisotopic (exact) mass is 364 g/mol. The minimum Gasteiger partial charge on any atom is -0.319 e. The smallest absolute Gasteiger partial charge is 0.319 e. The van der Waals surface area contributed by atoms with Crippen LogP contribution in [0.3, 0.4) is 0 Å². The van der Waals surface area contributed by atoms with Crippen molar-refractivity contribution >= 4 is 17.7 Å². The Morgan fingerprint density at radius 1 is 1.07 bits per heavy atom. The quantitative estimate of drug-likeness (QED) is 0.649. The molecule has 1 aliphatic rings. The van der Waals surface area contributed by atoms with Gasteiger partial charge in [-0.2, -0.15) is 0 Å². The lowest BCUT2D eigenvalue weighted by atomic mass is 9.88. The van der Waals surface area contributed by atoms with Crippen molar-refractivity contribution < 1.29 is 14.4 Å². The van der Waals surface area contributed by atoms with Crippen molar-refractivity contribution in [3.63, 3.8) is 0 Å². The third kappa shape index (κ3) is 3.37. The Morgan fingerprint density at radius 2 is 1.70 bits per heavy atom. The molecule has 140 valence electrons. The summed E-state index contributed by atoms with van der Waals surface area (Å²) in [4.78, 5) is 39.0. The average Bonchev–Trinajstić information content (AvgIpc) is 2.86. The number of ketones is 1. The zero-order chi connectivity index (χ0) is 19.8. The minimum atomic E-state index is -1.16. The minimum absolute atomic E-state index is 0.261. The number of aryl methyl sites for hydroxylation is 1. The molecule has 0 saturated carbocycles. The molecule has 1 heterocycles. The van der Waals surface area contributed by atoms with E-state index in [2.05, 4.69) is 19.2 Å². The second-order valence-corrected chi connectivity index (χ2v) is 7.46. The number of rotatable bonds is 5. The van der Waals surface area contributed by atoms with Gasteiger partial charge in [0.1, 0.15) is 5.54 Å². The second kappa shape index (κ2) is 6.99. The van der Waals surface area contributed by atoms with Crippen molar-refractivity contribution in [2.45, 2.75) is 39.2 Å². The molecule has 1 unspecified atom stereocenters. The number of carbonyl (C=O) groups is 3. The van der Waals surface area contributed by atoms with Crippen LogP contribution in [0.2, 0.25) is 0 Å². The van der Waals surface area contributed by atoms with Gasteiger partial charge in [0, 0.05) is 5.56 Å². The Bertz CT molecular complexity index is 902. The van der Waals surface area contributed by atoms with Crippen LogP contribution in [0.1, 0.15) is 53.7 Å². The summed E-state index contributed by atoms with van der Waals surface area (Å²) in [7, 11) is 0. The molecule has 2 aromatic rings. The average molecular weight is 364 g/mol. The number of carbonyl (C=O) groups excluding carboxylic acids is 3. The molecule has 3 amide bonds. The first-order valence-electron chi connectivity index (χ1n) is 9.07. The molecule has 2 aromatic carbocycles. The number of hydrogen-bond acceptors (Lipinski definition) is 3. The highest BCUT2D eigenvalue weighted by molar-refractivity contribution is 6.11. The first-order chi connectivity index (χ1) is 12.7. The van der Waals surface area contributed by atoms with E-state index in [-0.39, 0.29) is 12.3 Å². The normalized spacial score (nSPS) is 19.5. The van der Waals surface area contributed by atoms with Crippen molar-refractivity contribution in [2.75, 3.05) is 6.54 Å². The summed E-state index contributed by atoms with van der Waals surface area (Å²) in [5, 5.41) is 2.75. The molecule has 5 heteroatoms. The summed E-state index contributed by atoms with van der Waals surface area (Å²) < 4.78 is 0. The molecule has 0 spiro atoms. The van der Waals surface area contributed by atoms with E-state index in [9.17, 15) is 14.4 Å². The highest BCUT2D eigenvalue weighted by atomic mass is 16.2. The van der Waals surface area contributed by atoms with E-state index in [1.807, 2.05) is 43.3 Å². The van der Waals surface area contributed by atoms with E-state index in [0.29, 0.717) is 11.5 Å². The van der Waals surface area contributed by atoms with Gasteiger partial charge in [0.05, 0.1) is 6.54 Å². The lowest BCUT2D eigenvalue weighted by Gasteiger charge is -2.24. The van der Waals surface area contributed by atoms with Crippen LogP contribution in [0, 0.1) is 6.92 Å². The zero-order valence-electron chi connectivity index (χ0n) is 16.1. The van der Waals surface area contributed by atoms with Gasteiger partial charge < -0.3 is 5.32 Å². The lowest BCUT2D eigenvalue weighted by molar-refractivity contribution is -0.130. The number of urea groups is 1. The maximum absolute atomic E-state index is 13.0. The molecule has 0 radical (unpaired) electrons. The summed E-state index contributed by atoms with van der Waals surface area (Å²) >= 11 is 0. The maximum Gasteiger partial charge on any atom is 0.325 e. The molecule has 5 nitrogen and oxygen atoms in total. The lowest BCUT2D eigenvalue weighted by Crippen LogP contribution is -2.42. The Labute approximate surface area is 159 Å². The number of imide groups is 1. The van der Waals surface area contributed by atoms with Crippen LogP contribution >= 0.6 is 0 Å². The summed E-state index contributed by atoms with van der Waals surface area (Å²) in [6.07, 6.45) is 0. The van der Waals surface area contributed by atoms with Gasteiger partial charge in [-0.25, -0.2) is 4.79 Å². The largest absolute Gasteiger partial charge is 0.325 e. The fourth-order valence-electron chi connectivity index (χ4n) is 3.45. The van der Waals surface area contributed by atoms with Crippen LogP contribution in [0.5, 0.6) is 0 Å². The van der Waals surface area contributed by atoms with E-state index in [1.165, 1.54) is 0 Å². The first-order valence-corrected chi connectivity index (χ1v) is 9.07. The number of nitrogens with one attached hydrogen (secondary N) is 1. The van der Waals surface area contributed by atoms with Gasteiger partial charge in [-0.3, -0.25) is 14.5 Å². The third-order valence-electron chi connectivity index (χ3n) is 5.16. The Kier molecular flexibility index (Phi) is 4.87. The fourth-order valence-corrected chi connectivity index (χ4v) is 3.45. The van der Waals surface area contributed by atoms with Crippen molar-refractivity contribution in [2.24, 2.45) is 0 Å². The van der Waals surface area contributed by atoms with E-state index in [0.717, 1.165) is 21.6 Å². The van der Waals surface area contributed by atoms with Crippen LogP contribution in [0.25, 0.3) is 0 Å². The Hall–Kier alpha value is -2.95. The SMILES string of the molecule is Cc1ccccc1C1(C)NC(=O)N(CC(=O)c2ccc(C(C)C)cc2)C1=O. The molecule has 0 aromatic heterocycles. The zero-order valence-corrected chi connectivity index (χ0v) is 16.1. The highest BCUT2D eigenvalue weighted by Crippen LogP contribution is 2.31. The highest BCUT2D eigenvalue weighted by Gasteiger charge is 2.49. The van der Waals surface area contributed by atoms with Gasteiger partial charge in [-0.05, 0) is 36.5 Å². The summed E-state index contributed by atoms with van der Waals surface area (Å²) in [5.74, 6) is -0.299. The molecule has 0 aliphatic carbocycles. The fraction of sp³-hybridized carbons (Fsp3) is 0.318. The molecule has 1 aliphatic heterocycles. The van der Waals surface area contributed by atoms with E-state index < -0.39 is 17.5 Å². The molecule has 1 atom stereocenters. The number of nitrogens with zero attached hydrogens (tertiary/aromatic N) is 1. The van der Waals surface area contributed by atoms with Gasteiger partial charge >= 0.3 is 6.03 Å². The number of amides is 3. The maximum atomic E-state index is 13.0. The Balaban J connectivity index is 1.81. The van der Waals surface area contributed by atoms with E-state index in [1.54, 1.807) is 19.1 Å². The topological polar surface area (TPSA) is 66.5 Å². The van der Waals surface area contributed by atoms with Crippen molar-refractivity contribution in [3.8, 4) is 0 Å². The van der Waals surface area contributed by atoms with Gasteiger partial charge in [-0.15, -0.1) is 0 Å². The molecule has 1 fully saturated rings. The number of hydrogen-bond donors (Lipinski definition) is 1. The molecule has 1 saturated heterocycles. The first kappa shape index (κ1) is 18.8. The summed E-state index contributed by atoms with van der Waals surface area (Å²) in [5.41, 5.74) is 2.10. The predicted molar refractivity (Wildman–Crippen MR) is 104 cm³/mol. The molecule has 27 heavy (non-hydrogen) atoms. The molecule has 1 N–H and O–H groups in total. The van der Waals surface area contributed by atoms with E-state index >= 15 is 0 Å². The second-order valence-electron chi connectivity index (χ2n) is 7.46. The van der Waals surface area contributed by atoms with Crippen LogP contribution in [0.4, 0.5) is 4.79 Å². The van der Waals surface area contributed by atoms with Gasteiger partial charge in [0.2, 0.25) is 0 Å². The third-order valence-corrected chi connectivity index (χ3v) is 5.16. The molecular weight excluding hydrogens is 340 g/mol. The number of Topliss-reactive ketones (excluding diaryl/α,β-unsaturated/α-hetero) is 1. The summed E-state index contributed by atoms with van der Waals surface area (Å²) in [6, 6.07) is 14.2. The van der Waals surface area contributed by atoms with Crippen LogP contribution in [-0.4, -0.2) is 29.2 Å². The number of benzene rings is 2. The van der Waals surface area contributed by atoms with Crippen molar-refractivity contribution in [1.29, 1.82) is 0 Å². The Morgan fingerprint density at radius 3 is 2.30 bits per heavy atom. The standard InChI is InChI=1S/C22H24N2O3/c1-14(2)16-9-11-17(12-10-16)19(25)13-24-20(26)22(4,23-21(24)27)18-8-6-5-7-15(18)3/h5-12,14H,13H2,1-4H3,(H,23,27). The molecule has 0 bridgehead atoms. The van der Waals surface area contributed by atoms with Crippen molar-refractivity contribution in [1.82, 2.24) is 10.2 Å². The van der Waals surface area contributed by atoms with Crippen LogP contribution in [-0.2, 0) is 10.3 Å². The van der Waals surface area contributed by atoms with Crippen LogP contribution < -0.4 is 5.32 Å².